The first kappa shape index (κ1) is 14.3. The summed E-state index contributed by atoms with van der Waals surface area (Å²) in [4.78, 5) is 12.7. The minimum absolute atomic E-state index is 0.0453. The Morgan fingerprint density at radius 2 is 1.57 bits per heavy atom. The molecule has 0 N–H and O–H groups in total. The van der Waals surface area contributed by atoms with Gasteiger partial charge in [-0.05, 0) is 29.4 Å². The Balaban J connectivity index is 1.52. The van der Waals surface area contributed by atoms with Gasteiger partial charge in [-0.3, -0.25) is 4.79 Å². The molecule has 23 heavy (non-hydrogen) atoms. The quantitative estimate of drug-likeness (QED) is 0.620. The predicted octanol–water partition coefficient (Wildman–Crippen LogP) is 4.34. The summed E-state index contributed by atoms with van der Waals surface area (Å²) in [5, 5.41) is 0. The number of benzene rings is 2. The third-order valence-electron chi connectivity index (χ3n) is 5.14. The molecule has 1 saturated carbocycles. The summed E-state index contributed by atoms with van der Waals surface area (Å²) in [5.74, 6) is 0.954. The second kappa shape index (κ2) is 6.04. The number of carbonyl (C=O) groups is 1. The molecule has 2 aliphatic rings. The fourth-order valence-corrected chi connectivity index (χ4v) is 4.10. The summed E-state index contributed by atoms with van der Waals surface area (Å²) in [6.45, 7) is 0.360. The van der Waals surface area contributed by atoms with Crippen LogP contribution in [0.25, 0.3) is 0 Å². The van der Waals surface area contributed by atoms with Crippen molar-refractivity contribution in [1.82, 2.24) is 0 Å². The molecule has 2 bridgehead atoms. The molecule has 0 aromatic heterocycles. The smallest absolute Gasteiger partial charge is 0.310 e. The van der Waals surface area contributed by atoms with E-state index in [0.29, 0.717) is 18.4 Å². The third kappa shape index (κ3) is 2.70. The minimum atomic E-state index is -0.0560. The normalized spacial score (nSPS) is 28.0. The Bertz CT molecular complexity index is 705. The van der Waals surface area contributed by atoms with Crippen molar-refractivity contribution in [3.05, 3.63) is 83.9 Å². The molecule has 0 unspecified atom stereocenters. The van der Waals surface area contributed by atoms with Gasteiger partial charge in [-0.1, -0.05) is 72.8 Å². The number of esters is 1. The SMILES string of the molecule is O=C(OCc1ccccc1)[C@@H]1[C@@H](c2ccccc2)[C@@H]2C=C[C@H]1C2. The van der Waals surface area contributed by atoms with Crippen LogP contribution in [0.5, 0.6) is 0 Å². The van der Waals surface area contributed by atoms with Gasteiger partial charge in [0.25, 0.3) is 0 Å². The molecule has 1 fully saturated rings. The zero-order valence-electron chi connectivity index (χ0n) is 13.0. The lowest BCUT2D eigenvalue weighted by atomic mass is 9.78. The molecule has 0 radical (unpaired) electrons. The lowest BCUT2D eigenvalue weighted by Crippen LogP contribution is -2.28. The molecule has 4 rings (SSSR count). The van der Waals surface area contributed by atoms with Gasteiger partial charge in [0.05, 0.1) is 5.92 Å². The average molecular weight is 304 g/mol. The number of allylic oxidation sites excluding steroid dienone is 2. The molecule has 2 aromatic rings. The second-order valence-corrected chi connectivity index (χ2v) is 6.50. The molecule has 0 saturated heterocycles. The third-order valence-corrected chi connectivity index (χ3v) is 5.14. The summed E-state index contributed by atoms with van der Waals surface area (Å²) in [6, 6.07) is 20.3. The van der Waals surface area contributed by atoms with Gasteiger partial charge in [-0.15, -0.1) is 0 Å². The highest BCUT2D eigenvalue weighted by molar-refractivity contribution is 5.76. The first-order chi connectivity index (χ1) is 11.3. The molecule has 116 valence electrons. The predicted molar refractivity (Wildman–Crippen MR) is 89.6 cm³/mol. The minimum Gasteiger partial charge on any atom is -0.461 e. The maximum absolute atomic E-state index is 12.7. The van der Waals surface area contributed by atoms with Crippen LogP contribution < -0.4 is 0 Å². The topological polar surface area (TPSA) is 26.3 Å². The molecular formula is C21H20O2. The van der Waals surface area contributed by atoms with Crippen LogP contribution in [0, 0.1) is 17.8 Å². The molecule has 0 spiro atoms. The van der Waals surface area contributed by atoms with Gasteiger partial charge in [-0.2, -0.15) is 0 Å². The second-order valence-electron chi connectivity index (χ2n) is 6.50. The van der Waals surface area contributed by atoms with E-state index in [1.807, 2.05) is 36.4 Å². The lowest BCUT2D eigenvalue weighted by Gasteiger charge is -2.27. The van der Waals surface area contributed by atoms with Crippen LogP contribution in [0.1, 0.15) is 23.5 Å². The van der Waals surface area contributed by atoms with Crippen molar-refractivity contribution in [1.29, 1.82) is 0 Å². The Morgan fingerprint density at radius 1 is 0.913 bits per heavy atom. The van der Waals surface area contributed by atoms with Crippen LogP contribution in [0.2, 0.25) is 0 Å². The molecule has 2 heteroatoms. The van der Waals surface area contributed by atoms with E-state index in [-0.39, 0.29) is 17.8 Å². The zero-order chi connectivity index (χ0) is 15.6. The summed E-state index contributed by atoms with van der Waals surface area (Å²) in [5.41, 5.74) is 2.29. The number of ether oxygens (including phenoxy) is 1. The lowest BCUT2D eigenvalue weighted by molar-refractivity contribution is -0.151. The first-order valence-electron chi connectivity index (χ1n) is 8.27. The van der Waals surface area contributed by atoms with Crippen molar-refractivity contribution < 1.29 is 9.53 Å². The summed E-state index contributed by atoms with van der Waals surface area (Å²) < 4.78 is 5.64. The van der Waals surface area contributed by atoms with Gasteiger partial charge < -0.3 is 4.74 Å². The first-order valence-corrected chi connectivity index (χ1v) is 8.27. The van der Waals surface area contributed by atoms with E-state index >= 15 is 0 Å². The largest absolute Gasteiger partial charge is 0.461 e. The van der Waals surface area contributed by atoms with Crippen molar-refractivity contribution in [2.45, 2.75) is 18.9 Å². The fourth-order valence-electron chi connectivity index (χ4n) is 4.10. The molecular weight excluding hydrogens is 284 g/mol. The number of hydrogen-bond donors (Lipinski definition) is 0. The van der Waals surface area contributed by atoms with E-state index in [0.717, 1.165) is 12.0 Å². The van der Waals surface area contributed by atoms with Gasteiger partial charge in [0.1, 0.15) is 6.61 Å². The number of rotatable bonds is 4. The Hall–Kier alpha value is -2.35. The monoisotopic (exact) mass is 304 g/mol. The van der Waals surface area contributed by atoms with Gasteiger partial charge >= 0.3 is 5.97 Å². The van der Waals surface area contributed by atoms with Crippen LogP contribution >= 0.6 is 0 Å². The van der Waals surface area contributed by atoms with Crippen molar-refractivity contribution in [2.24, 2.45) is 17.8 Å². The summed E-state index contributed by atoms with van der Waals surface area (Å²) in [7, 11) is 0. The van der Waals surface area contributed by atoms with Gasteiger partial charge in [-0.25, -0.2) is 0 Å². The molecule has 4 atom stereocenters. The Morgan fingerprint density at radius 3 is 2.30 bits per heavy atom. The maximum Gasteiger partial charge on any atom is 0.310 e. The van der Waals surface area contributed by atoms with Crippen molar-refractivity contribution in [3.8, 4) is 0 Å². The van der Waals surface area contributed by atoms with E-state index < -0.39 is 0 Å². The van der Waals surface area contributed by atoms with Crippen LogP contribution in [-0.4, -0.2) is 5.97 Å². The summed E-state index contributed by atoms with van der Waals surface area (Å²) in [6.07, 6.45) is 5.56. The highest BCUT2D eigenvalue weighted by Gasteiger charge is 2.49. The van der Waals surface area contributed by atoms with Crippen LogP contribution in [-0.2, 0) is 16.1 Å². The number of hydrogen-bond acceptors (Lipinski definition) is 2. The van der Waals surface area contributed by atoms with Gasteiger partial charge in [0.2, 0.25) is 0 Å². The molecule has 2 aliphatic carbocycles. The van der Waals surface area contributed by atoms with Crippen LogP contribution in [0.4, 0.5) is 0 Å². The zero-order valence-corrected chi connectivity index (χ0v) is 13.0. The summed E-state index contributed by atoms with van der Waals surface area (Å²) >= 11 is 0. The van der Waals surface area contributed by atoms with Crippen molar-refractivity contribution in [2.75, 3.05) is 0 Å². The molecule has 2 nitrogen and oxygen atoms in total. The average Bonchev–Trinajstić information content (AvgIpc) is 3.22. The van der Waals surface area contributed by atoms with Gasteiger partial charge in [0.15, 0.2) is 0 Å². The van der Waals surface area contributed by atoms with E-state index in [9.17, 15) is 4.79 Å². The van der Waals surface area contributed by atoms with Crippen LogP contribution in [0.15, 0.2) is 72.8 Å². The molecule has 0 amide bonds. The van der Waals surface area contributed by atoms with E-state index in [4.69, 9.17) is 4.74 Å². The molecule has 0 aliphatic heterocycles. The van der Waals surface area contributed by atoms with Crippen molar-refractivity contribution in [3.63, 3.8) is 0 Å². The highest BCUT2D eigenvalue weighted by atomic mass is 16.5. The Kier molecular flexibility index (Phi) is 3.74. The van der Waals surface area contributed by atoms with E-state index in [1.54, 1.807) is 0 Å². The standard InChI is InChI=1S/C21H20O2/c22-21(23-14-15-7-3-1-4-8-15)20-18-12-11-17(13-18)19(20)16-9-5-2-6-10-16/h1-12,17-20H,13-14H2/t17-,18+,19+,20+/m1/s1. The van der Waals surface area contributed by atoms with Gasteiger partial charge in [0, 0.05) is 5.92 Å². The number of fused-ring (bicyclic) bond motifs is 2. The maximum atomic E-state index is 12.7. The van der Waals surface area contributed by atoms with Crippen LogP contribution in [0.3, 0.4) is 0 Å². The number of carbonyl (C=O) groups excluding carboxylic acids is 1. The molecule has 0 heterocycles. The molecule has 2 aromatic carbocycles. The highest BCUT2D eigenvalue weighted by Crippen LogP contribution is 2.53. The van der Waals surface area contributed by atoms with Crippen molar-refractivity contribution >= 4 is 5.97 Å². The Labute approximate surface area is 136 Å². The van der Waals surface area contributed by atoms with E-state index in [2.05, 4.69) is 36.4 Å². The fraction of sp³-hybridized carbons (Fsp3) is 0.286. The van der Waals surface area contributed by atoms with E-state index in [1.165, 1.54) is 5.56 Å².